The number of hydrogen-bond donors (Lipinski definition) is 1. The number of likely N-dealkylation sites (tertiary alicyclic amines) is 1. The first-order chi connectivity index (χ1) is 21.3. The van der Waals surface area contributed by atoms with Crippen LogP contribution in [0.2, 0.25) is 5.02 Å². The van der Waals surface area contributed by atoms with Crippen LogP contribution in [0.15, 0.2) is 49.1 Å². The number of hydrogen-bond acceptors (Lipinski definition) is 9. The van der Waals surface area contributed by atoms with Crippen LogP contribution in [0.3, 0.4) is 0 Å². The monoisotopic (exact) mass is 646 g/mol. The zero-order chi connectivity index (χ0) is 30.8. The van der Waals surface area contributed by atoms with Gasteiger partial charge in [0.2, 0.25) is 5.91 Å². The Morgan fingerprint density at radius 1 is 1.18 bits per heavy atom. The lowest BCUT2D eigenvalue weighted by atomic mass is 10.0. The number of anilines is 1. The van der Waals surface area contributed by atoms with Crippen LogP contribution >= 0.6 is 23.4 Å². The molecular weight excluding hydrogens is 618 g/mol. The molecule has 2 amide bonds. The minimum Gasteiger partial charge on any atom is -0.434 e. The first-order valence-corrected chi connectivity index (χ1v) is 15.5. The quantitative estimate of drug-likeness (QED) is 0.224. The van der Waals surface area contributed by atoms with Crippen molar-refractivity contribution in [2.24, 2.45) is 0 Å². The average Bonchev–Trinajstić information content (AvgIpc) is 3.66. The number of alkyl halides is 2. The summed E-state index contributed by atoms with van der Waals surface area (Å²) < 4.78 is 33.9. The normalized spacial score (nSPS) is 16.5. The Morgan fingerprint density at radius 2 is 1.95 bits per heavy atom. The maximum absolute atomic E-state index is 13.5. The molecule has 0 bridgehead atoms. The van der Waals surface area contributed by atoms with Gasteiger partial charge < -0.3 is 9.64 Å². The minimum absolute atomic E-state index is 0.00986. The van der Waals surface area contributed by atoms with Gasteiger partial charge in [-0.2, -0.15) is 35.8 Å². The van der Waals surface area contributed by atoms with Crippen molar-refractivity contribution in [3.05, 3.63) is 59.6 Å². The van der Waals surface area contributed by atoms with Gasteiger partial charge in [0.1, 0.15) is 29.2 Å². The maximum Gasteiger partial charge on any atom is 0.387 e. The second kappa shape index (κ2) is 13.1. The molecule has 5 heterocycles. The molecule has 0 saturated carbocycles. The van der Waals surface area contributed by atoms with Gasteiger partial charge in [-0.25, -0.2) is 9.50 Å². The Bertz CT molecular complexity index is 1660. The van der Waals surface area contributed by atoms with Crippen LogP contribution in [-0.2, 0) is 11.3 Å². The molecule has 2 aliphatic rings. The van der Waals surface area contributed by atoms with Gasteiger partial charge in [0.05, 0.1) is 12.4 Å². The highest BCUT2D eigenvalue weighted by Crippen LogP contribution is 2.38. The summed E-state index contributed by atoms with van der Waals surface area (Å²) in [6.45, 7) is -0.0492. The molecule has 6 rings (SSSR count). The predicted molar refractivity (Wildman–Crippen MR) is 159 cm³/mol. The van der Waals surface area contributed by atoms with Crippen LogP contribution < -0.4 is 9.80 Å². The van der Waals surface area contributed by atoms with Gasteiger partial charge in [-0.1, -0.05) is 11.6 Å². The van der Waals surface area contributed by atoms with Crippen molar-refractivity contribution in [2.75, 3.05) is 42.7 Å². The molecule has 44 heavy (non-hydrogen) atoms. The number of amides is 2. The molecule has 16 heteroatoms. The second-order valence-electron chi connectivity index (χ2n) is 10.4. The van der Waals surface area contributed by atoms with Crippen LogP contribution in [0.25, 0.3) is 16.9 Å². The van der Waals surface area contributed by atoms with Crippen molar-refractivity contribution >= 4 is 46.5 Å². The van der Waals surface area contributed by atoms with E-state index in [2.05, 4.69) is 20.1 Å². The fourth-order valence-corrected chi connectivity index (χ4v) is 6.69. The third-order valence-electron chi connectivity index (χ3n) is 7.76. The smallest absolute Gasteiger partial charge is 0.387 e. The number of halogens is 3. The number of benzene rings is 1. The molecule has 0 radical (unpaired) electrons. The largest absolute Gasteiger partial charge is 0.434 e. The van der Waals surface area contributed by atoms with Crippen molar-refractivity contribution in [1.29, 1.82) is 0 Å². The van der Waals surface area contributed by atoms with Crippen molar-refractivity contribution in [3.63, 3.8) is 0 Å². The van der Waals surface area contributed by atoms with E-state index in [1.807, 2.05) is 11.8 Å². The summed E-state index contributed by atoms with van der Waals surface area (Å²) in [5.41, 5.74) is -0.117. The van der Waals surface area contributed by atoms with Gasteiger partial charge in [-0.15, -0.1) is 0 Å². The highest BCUT2D eigenvalue weighted by Gasteiger charge is 2.30. The molecule has 0 atom stereocenters. The molecule has 0 unspecified atom stereocenters. The van der Waals surface area contributed by atoms with Crippen LogP contribution in [0.1, 0.15) is 23.2 Å². The lowest BCUT2D eigenvalue weighted by Crippen LogP contribution is -2.49. The summed E-state index contributed by atoms with van der Waals surface area (Å²) in [6.07, 6.45) is 7.35. The minimum atomic E-state index is -3.16. The molecule has 2 saturated heterocycles. The average molecular weight is 647 g/mol. The highest BCUT2D eigenvalue weighted by molar-refractivity contribution is 7.99. The Kier molecular flexibility index (Phi) is 8.98. The highest BCUT2D eigenvalue weighted by atomic mass is 35.5. The molecule has 232 valence electrons. The molecule has 0 aliphatic carbocycles. The fraction of sp³-hybridized carbons (Fsp3) is 0.393. The van der Waals surface area contributed by atoms with Crippen LogP contribution in [0.5, 0.6) is 5.75 Å². The lowest BCUT2D eigenvalue weighted by Gasteiger charge is -2.40. The number of aromatic nitrogens is 5. The molecule has 12 nitrogen and oxygen atoms in total. The predicted octanol–water partition coefficient (Wildman–Crippen LogP) is 3.92. The summed E-state index contributed by atoms with van der Waals surface area (Å²) in [7, 11) is 0. The van der Waals surface area contributed by atoms with E-state index in [9.17, 15) is 23.6 Å². The summed E-state index contributed by atoms with van der Waals surface area (Å²) >= 11 is 8.16. The van der Waals surface area contributed by atoms with E-state index < -0.39 is 12.5 Å². The van der Waals surface area contributed by atoms with Crippen molar-refractivity contribution in [3.8, 4) is 17.0 Å². The van der Waals surface area contributed by atoms with Gasteiger partial charge in [0, 0.05) is 66.7 Å². The van der Waals surface area contributed by atoms with Crippen molar-refractivity contribution < 1.29 is 28.3 Å². The Hall–Kier alpha value is -3.79. The number of fused-ring (bicyclic) bond motifs is 1. The van der Waals surface area contributed by atoms with Gasteiger partial charge in [0.15, 0.2) is 5.65 Å². The molecule has 1 N–H and O–H groups in total. The van der Waals surface area contributed by atoms with Crippen LogP contribution in [0.4, 0.5) is 14.5 Å². The number of hydroxylamine groups is 1. The third kappa shape index (κ3) is 6.36. The lowest BCUT2D eigenvalue weighted by molar-refractivity contribution is -0.133. The summed E-state index contributed by atoms with van der Waals surface area (Å²) in [5, 5.41) is 20.2. The molecule has 4 aromatic rings. The number of rotatable bonds is 8. The summed E-state index contributed by atoms with van der Waals surface area (Å²) in [6, 6.07) is 6.01. The van der Waals surface area contributed by atoms with Gasteiger partial charge in [-0.05, 0) is 37.1 Å². The van der Waals surface area contributed by atoms with Crippen molar-refractivity contribution in [1.82, 2.24) is 34.2 Å². The van der Waals surface area contributed by atoms with E-state index in [1.165, 1.54) is 46.0 Å². The van der Waals surface area contributed by atoms with Crippen LogP contribution in [-0.4, -0.2) is 102 Å². The summed E-state index contributed by atoms with van der Waals surface area (Å²) in [4.78, 5) is 35.2. The van der Waals surface area contributed by atoms with Gasteiger partial charge in [-0.3, -0.25) is 24.4 Å². The number of carbonyl (C=O) groups excluding carboxylic acids is 2. The number of nitrogens with zero attached hydrogens (tertiary/aromatic N) is 8. The first-order valence-electron chi connectivity index (χ1n) is 14.0. The van der Waals surface area contributed by atoms with E-state index in [-0.39, 0.29) is 51.4 Å². The Morgan fingerprint density at radius 3 is 2.70 bits per heavy atom. The van der Waals surface area contributed by atoms with E-state index in [0.717, 1.165) is 37.4 Å². The molecule has 2 aliphatic heterocycles. The first kappa shape index (κ1) is 30.2. The van der Waals surface area contributed by atoms with Crippen LogP contribution in [0, 0.1) is 0 Å². The topological polar surface area (TPSA) is 121 Å². The van der Waals surface area contributed by atoms with Gasteiger partial charge >= 0.3 is 6.61 Å². The zero-order valence-corrected chi connectivity index (χ0v) is 25.0. The van der Waals surface area contributed by atoms with E-state index in [0.29, 0.717) is 24.2 Å². The Labute approximate surface area is 260 Å². The van der Waals surface area contributed by atoms with Gasteiger partial charge in [0.25, 0.3) is 5.91 Å². The molecule has 0 spiro atoms. The molecular formula is C28H29ClF2N8O4S. The molecule has 1 aromatic carbocycles. The molecule has 3 aromatic heterocycles. The fourth-order valence-electron chi connectivity index (χ4n) is 5.59. The number of thioether (sulfide) groups is 1. The third-order valence-corrected chi connectivity index (χ3v) is 8.94. The van der Waals surface area contributed by atoms with E-state index in [1.54, 1.807) is 17.2 Å². The van der Waals surface area contributed by atoms with E-state index >= 15 is 0 Å². The zero-order valence-electron chi connectivity index (χ0n) is 23.4. The van der Waals surface area contributed by atoms with Crippen molar-refractivity contribution in [2.45, 2.75) is 32.0 Å². The van der Waals surface area contributed by atoms with E-state index in [4.69, 9.17) is 16.3 Å². The number of piperidine rings is 1. The summed E-state index contributed by atoms with van der Waals surface area (Å²) in [5.74, 6) is 0.869. The standard InChI is InChI=1S/C28H29ClF2N8O4S/c29-18-2-3-23(43-28(30)31)20(14-18)25-22(39(42)27(41)21-15-33-38-7-1-6-32-26(21)38)16-37(34-25)17-24(40)36-8-4-19(5-9-36)35-10-12-44-13-11-35/h1-3,6-7,14-16,19,28,42H,4-5,8-13,17H2. The maximum atomic E-state index is 13.5. The Balaban J connectivity index is 1.28. The SMILES string of the molecule is O=C(Cn1cc(N(O)C(=O)c2cnn3cccnc23)c(-c2cc(Cl)ccc2OC(F)F)n1)N1CCC(N2CCSCC2)CC1. The number of carbonyl (C=O) groups is 2. The second-order valence-corrected chi connectivity index (χ2v) is 12.1. The number of ether oxygens (including phenoxy) is 1. The molecule has 2 fully saturated rings.